The number of ketones is 2. The van der Waals surface area contributed by atoms with Crippen molar-refractivity contribution in [2.24, 2.45) is 5.92 Å². The van der Waals surface area contributed by atoms with Crippen molar-refractivity contribution >= 4 is 46.7 Å². The van der Waals surface area contributed by atoms with Crippen molar-refractivity contribution in [3.8, 4) is 0 Å². The van der Waals surface area contributed by atoms with E-state index in [2.05, 4.69) is 0 Å². The van der Waals surface area contributed by atoms with Crippen LogP contribution in [0.1, 0.15) is 19.8 Å². The highest BCUT2D eigenvalue weighted by molar-refractivity contribution is 6.18. The van der Waals surface area contributed by atoms with Crippen LogP contribution < -0.4 is 0 Å². The number of alkyl halides is 2. The van der Waals surface area contributed by atoms with Crippen molar-refractivity contribution in [1.29, 1.82) is 0 Å². The Bertz CT molecular complexity index is 400. The molecule has 0 saturated heterocycles. The summed E-state index contributed by atoms with van der Waals surface area (Å²) < 4.78 is 9.53. The van der Waals surface area contributed by atoms with Gasteiger partial charge in [-0.3, -0.25) is 19.2 Å². The van der Waals surface area contributed by atoms with Crippen LogP contribution in [0.25, 0.3) is 0 Å². The molecule has 0 radical (unpaired) electrons. The first-order valence-corrected chi connectivity index (χ1v) is 8.13. The number of Topliss-reactive ketones (excluding diaryl/α,β-unsaturated/α-hetero) is 2. The summed E-state index contributed by atoms with van der Waals surface area (Å²) in [5.41, 5.74) is 0. The Kier molecular flexibility index (Phi) is 17.3. The van der Waals surface area contributed by atoms with Gasteiger partial charge in [-0.15, -0.1) is 23.2 Å². The molecule has 0 saturated carbocycles. The predicted molar refractivity (Wildman–Crippen MR) is 86.8 cm³/mol. The van der Waals surface area contributed by atoms with E-state index in [0.717, 1.165) is 0 Å². The average Bonchev–Trinajstić information content (AvgIpc) is 2.48. The minimum absolute atomic E-state index is 0.168. The lowest BCUT2D eigenvalue weighted by molar-refractivity contribution is -0.148. The topological polar surface area (TPSA) is 127 Å². The van der Waals surface area contributed by atoms with Crippen LogP contribution in [-0.2, 0) is 28.7 Å². The largest absolute Gasteiger partial charge is 0.481 e. The number of hydrogen-bond acceptors (Lipinski definition) is 6. The van der Waals surface area contributed by atoms with Crippen LogP contribution in [-0.4, -0.2) is 71.9 Å². The third kappa shape index (κ3) is 15.7. The highest BCUT2D eigenvalue weighted by atomic mass is 35.5. The maximum Gasteiger partial charge on any atom is 0.314 e. The molecule has 8 nitrogen and oxygen atoms in total. The number of carboxylic acid groups (broad SMARTS) is 2. The summed E-state index contributed by atoms with van der Waals surface area (Å²) in [7, 11) is 0. The maximum absolute atomic E-state index is 11.1. The number of carbonyl (C=O) groups is 4. The number of ether oxygens (including phenoxy) is 2. The Balaban J connectivity index is 0. The average molecular weight is 389 g/mol. The first-order valence-electron chi connectivity index (χ1n) is 7.06. The molecule has 0 aliphatic heterocycles. The molecule has 140 valence electrons. The van der Waals surface area contributed by atoms with Crippen molar-refractivity contribution < 1.29 is 38.9 Å². The van der Waals surface area contributed by atoms with Gasteiger partial charge >= 0.3 is 11.9 Å². The minimum Gasteiger partial charge on any atom is -0.481 e. The lowest BCUT2D eigenvalue weighted by Gasteiger charge is -2.07. The van der Waals surface area contributed by atoms with Crippen LogP contribution in [0.3, 0.4) is 0 Å². The van der Waals surface area contributed by atoms with Gasteiger partial charge in [0.05, 0.1) is 13.2 Å². The smallest absolute Gasteiger partial charge is 0.314 e. The van der Waals surface area contributed by atoms with Gasteiger partial charge in [-0.05, 0) is 6.42 Å². The van der Waals surface area contributed by atoms with Gasteiger partial charge in [0.2, 0.25) is 0 Å². The maximum atomic E-state index is 11.1. The second kappa shape index (κ2) is 16.6. The van der Waals surface area contributed by atoms with Crippen molar-refractivity contribution in [1.82, 2.24) is 0 Å². The molecule has 24 heavy (non-hydrogen) atoms. The molecule has 0 amide bonds. The summed E-state index contributed by atoms with van der Waals surface area (Å²) in [5.74, 6) is -3.41. The molecule has 0 fully saturated rings. The van der Waals surface area contributed by atoms with Gasteiger partial charge in [-0.2, -0.15) is 0 Å². The normalized spacial score (nSPS) is 11.1. The Morgan fingerprint density at radius 1 is 0.958 bits per heavy atom. The monoisotopic (exact) mass is 388 g/mol. The van der Waals surface area contributed by atoms with Crippen LogP contribution in [0, 0.1) is 5.92 Å². The molecule has 0 aromatic carbocycles. The van der Waals surface area contributed by atoms with Crippen LogP contribution in [0.15, 0.2) is 0 Å². The first-order chi connectivity index (χ1) is 11.3. The Labute approximate surface area is 150 Å². The lowest BCUT2D eigenvalue weighted by atomic mass is 10.0. The summed E-state index contributed by atoms with van der Waals surface area (Å²) in [4.78, 5) is 42.2. The van der Waals surface area contributed by atoms with Gasteiger partial charge < -0.3 is 19.7 Å². The highest BCUT2D eigenvalue weighted by Gasteiger charge is 2.23. The fourth-order valence-corrected chi connectivity index (χ4v) is 1.55. The summed E-state index contributed by atoms with van der Waals surface area (Å²) in [6.07, 6.45) is -0.194. The van der Waals surface area contributed by atoms with Crippen molar-refractivity contribution in [3.05, 3.63) is 0 Å². The number of carboxylic acids is 2. The summed E-state index contributed by atoms with van der Waals surface area (Å²) in [6.45, 7) is 1.85. The third-order valence-electron chi connectivity index (χ3n) is 2.39. The fourth-order valence-electron chi connectivity index (χ4n) is 1.33. The molecule has 10 heteroatoms. The molecule has 0 aromatic heterocycles. The van der Waals surface area contributed by atoms with E-state index in [1.807, 2.05) is 0 Å². The fraction of sp³-hybridized carbons (Fsp3) is 0.714. The van der Waals surface area contributed by atoms with E-state index < -0.39 is 35.8 Å². The minimum atomic E-state index is -1.13. The Morgan fingerprint density at radius 3 is 1.83 bits per heavy atom. The first kappa shape index (κ1) is 25.0. The SMILES string of the molecule is CCC(C(=O)O)C(=O)COCCCl.O=C(O)CC(=O)COCCCl. The van der Waals surface area contributed by atoms with Gasteiger partial charge in [0, 0.05) is 11.8 Å². The second-order valence-electron chi connectivity index (χ2n) is 4.36. The zero-order valence-corrected chi connectivity index (χ0v) is 14.8. The van der Waals surface area contributed by atoms with Crippen molar-refractivity contribution in [2.45, 2.75) is 19.8 Å². The van der Waals surface area contributed by atoms with Crippen LogP contribution in [0.5, 0.6) is 0 Å². The molecule has 0 aromatic rings. The second-order valence-corrected chi connectivity index (χ2v) is 5.11. The van der Waals surface area contributed by atoms with Gasteiger partial charge in [-0.25, -0.2) is 0 Å². The molecule has 0 aliphatic rings. The van der Waals surface area contributed by atoms with Crippen LogP contribution in [0.4, 0.5) is 0 Å². The van der Waals surface area contributed by atoms with E-state index in [1.54, 1.807) is 6.92 Å². The molecule has 0 rings (SSSR count). The third-order valence-corrected chi connectivity index (χ3v) is 2.70. The highest BCUT2D eigenvalue weighted by Crippen LogP contribution is 2.04. The molecule has 0 heterocycles. The van der Waals surface area contributed by atoms with E-state index in [4.69, 9.17) is 42.9 Å². The Morgan fingerprint density at radius 2 is 1.46 bits per heavy atom. The zero-order chi connectivity index (χ0) is 19.0. The Hall–Kier alpha value is -1.22. The molecule has 0 aliphatic carbocycles. The van der Waals surface area contributed by atoms with Crippen molar-refractivity contribution in [2.75, 3.05) is 38.2 Å². The zero-order valence-electron chi connectivity index (χ0n) is 13.3. The number of rotatable bonds is 13. The van der Waals surface area contributed by atoms with E-state index in [-0.39, 0.29) is 26.4 Å². The van der Waals surface area contributed by atoms with Gasteiger partial charge in [0.25, 0.3) is 0 Å². The predicted octanol–water partition coefficient (Wildman–Crippen LogP) is 1.21. The van der Waals surface area contributed by atoms with Crippen molar-refractivity contribution in [3.63, 3.8) is 0 Å². The number of aliphatic carboxylic acids is 2. The molecular formula is C14H22Cl2O8. The number of halogens is 2. The van der Waals surface area contributed by atoms with Gasteiger partial charge in [0.1, 0.15) is 25.6 Å². The molecule has 0 bridgehead atoms. The standard InChI is InChI=1S/C8H13ClO4.C6H9ClO4/c1-2-6(8(11)12)7(10)5-13-4-3-9;7-1-2-11-4-5(8)3-6(9)10/h6H,2-5H2,1H3,(H,11,12);1-4H2,(H,9,10). The molecule has 1 atom stereocenters. The van der Waals surface area contributed by atoms with E-state index in [9.17, 15) is 19.2 Å². The molecule has 2 N–H and O–H groups in total. The number of hydrogen-bond donors (Lipinski definition) is 2. The van der Waals surface area contributed by atoms with Gasteiger partial charge in [-0.1, -0.05) is 6.92 Å². The summed E-state index contributed by atoms with van der Waals surface area (Å²) >= 11 is 10.5. The lowest BCUT2D eigenvalue weighted by Crippen LogP contribution is -2.26. The summed E-state index contributed by atoms with van der Waals surface area (Å²) in [5, 5.41) is 16.7. The van der Waals surface area contributed by atoms with Crippen LogP contribution >= 0.6 is 23.2 Å². The molecular weight excluding hydrogens is 367 g/mol. The van der Waals surface area contributed by atoms with E-state index >= 15 is 0 Å². The van der Waals surface area contributed by atoms with Crippen LogP contribution in [0.2, 0.25) is 0 Å². The van der Waals surface area contributed by atoms with Gasteiger partial charge in [0.15, 0.2) is 11.6 Å². The van der Waals surface area contributed by atoms with E-state index in [0.29, 0.717) is 18.2 Å². The van der Waals surface area contributed by atoms with E-state index in [1.165, 1.54) is 0 Å². The summed E-state index contributed by atoms with van der Waals surface area (Å²) in [6, 6.07) is 0. The molecule has 0 spiro atoms. The number of carbonyl (C=O) groups excluding carboxylic acids is 2. The molecule has 1 unspecified atom stereocenters. The quantitative estimate of drug-likeness (QED) is 0.273.